The van der Waals surface area contributed by atoms with Crippen molar-refractivity contribution in [3.8, 4) is 0 Å². The standard InChI is InChI=1S/C25H24Cl2F2N4O4/c1-35-24(34)20-19(13-33-6-4-25(5-7-33)36-8-9-37-25)31-23(22-18(29)11-15(28)12-30-22)32-21(20)16-3-2-14(26)10-17(16)27/h2-3,10-12,21H,4-9,13H2,1H3,(H,31,32). The van der Waals surface area contributed by atoms with Gasteiger partial charge in [0.2, 0.25) is 0 Å². The number of hydrogen-bond acceptors (Lipinski definition) is 8. The number of likely N-dealkylation sites (tertiary alicyclic amines) is 1. The average Bonchev–Trinajstić information content (AvgIpc) is 3.33. The van der Waals surface area contributed by atoms with E-state index in [2.05, 4.69) is 20.2 Å². The summed E-state index contributed by atoms with van der Waals surface area (Å²) in [5.41, 5.74) is 0.938. The molecule has 2 fully saturated rings. The molecule has 1 aromatic carbocycles. The number of aliphatic imine (C=N–C) groups is 1. The van der Waals surface area contributed by atoms with E-state index in [0.29, 0.717) is 62.0 Å². The van der Waals surface area contributed by atoms with Crippen LogP contribution in [-0.2, 0) is 19.0 Å². The highest BCUT2D eigenvalue weighted by Crippen LogP contribution is 2.38. The molecule has 196 valence electrons. The predicted molar refractivity (Wildman–Crippen MR) is 132 cm³/mol. The Hall–Kier alpha value is -2.63. The molecule has 1 atom stereocenters. The molecule has 1 spiro atoms. The third kappa shape index (κ3) is 5.35. The predicted octanol–water partition coefficient (Wildman–Crippen LogP) is 4.02. The van der Waals surface area contributed by atoms with Crippen molar-refractivity contribution in [2.45, 2.75) is 24.7 Å². The molecule has 0 radical (unpaired) electrons. The van der Waals surface area contributed by atoms with Crippen molar-refractivity contribution in [2.24, 2.45) is 4.99 Å². The summed E-state index contributed by atoms with van der Waals surface area (Å²) in [6.45, 7) is 2.71. The van der Waals surface area contributed by atoms with E-state index in [9.17, 15) is 13.6 Å². The van der Waals surface area contributed by atoms with E-state index in [1.807, 2.05) is 0 Å². The summed E-state index contributed by atoms with van der Waals surface area (Å²) in [6.07, 6.45) is 2.22. The van der Waals surface area contributed by atoms with Gasteiger partial charge in [-0.2, -0.15) is 0 Å². The summed E-state index contributed by atoms with van der Waals surface area (Å²) in [5, 5.41) is 3.74. The first kappa shape index (κ1) is 26.0. The van der Waals surface area contributed by atoms with Crippen LogP contribution in [-0.4, -0.2) is 67.4 Å². The third-order valence-corrected chi connectivity index (χ3v) is 7.20. The second-order valence-electron chi connectivity index (χ2n) is 8.92. The van der Waals surface area contributed by atoms with E-state index in [1.54, 1.807) is 12.1 Å². The second kappa shape index (κ2) is 10.6. The molecule has 0 aliphatic carbocycles. The van der Waals surface area contributed by atoms with E-state index in [0.717, 1.165) is 12.3 Å². The van der Waals surface area contributed by atoms with Crippen molar-refractivity contribution in [1.29, 1.82) is 0 Å². The van der Waals surface area contributed by atoms with Crippen molar-refractivity contribution >= 4 is 35.0 Å². The number of esters is 1. The van der Waals surface area contributed by atoms with Crippen LogP contribution >= 0.6 is 23.2 Å². The molecule has 1 unspecified atom stereocenters. The number of amidine groups is 1. The Morgan fingerprint density at radius 1 is 1.22 bits per heavy atom. The fraction of sp³-hybridized carbons (Fsp3) is 0.400. The highest BCUT2D eigenvalue weighted by atomic mass is 35.5. The Morgan fingerprint density at radius 2 is 1.95 bits per heavy atom. The molecule has 37 heavy (non-hydrogen) atoms. The first-order valence-corrected chi connectivity index (χ1v) is 12.5. The van der Waals surface area contributed by atoms with Gasteiger partial charge in [0, 0.05) is 59.8 Å². The van der Waals surface area contributed by atoms with Gasteiger partial charge in [-0.1, -0.05) is 29.3 Å². The molecule has 3 aliphatic heterocycles. The van der Waals surface area contributed by atoms with Gasteiger partial charge in [0.1, 0.15) is 17.6 Å². The molecular weight excluding hydrogens is 529 g/mol. The maximum Gasteiger partial charge on any atom is 0.338 e. The zero-order valence-electron chi connectivity index (χ0n) is 19.9. The number of methoxy groups -OCH3 is 1. The first-order valence-electron chi connectivity index (χ1n) is 11.7. The lowest BCUT2D eigenvalue weighted by molar-refractivity contribution is -0.184. The van der Waals surface area contributed by atoms with Gasteiger partial charge >= 0.3 is 5.97 Å². The van der Waals surface area contributed by atoms with Crippen molar-refractivity contribution < 1.29 is 27.8 Å². The number of halogens is 4. The SMILES string of the molecule is COC(=O)C1=C(CN2CCC3(CC2)OCCO3)NC(c2ncc(F)cc2F)=NC1c1ccc(Cl)cc1Cl. The summed E-state index contributed by atoms with van der Waals surface area (Å²) >= 11 is 12.6. The number of nitrogens with zero attached hydrogens (tertiary/aromatic N) is 3. The molecule has 1 aromatic heterocycles. The maximum absolute atomic E-state index is 14.8. The molecule has 1 N–H and O–H groups in total. The van der Waals surface area contributed by atoms with Gasteiger partial charge in [0.25, 0.3) is 0 Å². The summed E-state index contributed by atoms with van der Waals surface area (Å²) in [6, 6.07) is 4.58. The van der Waals surface area contributed by atoms with E-state index in [4.69, 9.17) is 37.4 Å². The van der Waals surface area contributed by atoms with E-state index in [1.165, 1.54) is 13.2 Å². The molecular formula is C25H24Cl2F2N4O4. The Labute approximate surface area is 222 Å². The number of hydrogen-bond donors (Lipinski definition) is 1. The van der Waals surface area contributed by atoms with Gasteiger partial charge in [-0.3, -0.25) is 9.89 Å². The lowest BCUT2D eigenvalue weighted by Gasteiger charge is -2.38. The Balaban J connectivity index is 1.55. The van der Waals surface area contributed by atoms with Crippen molar-refractivity contribution in [1.82, 2.24) is 15.2 Å². The van der Waals surface area contributed by atoms with Crippen molar-refractivity contribution in [3.63, 3.8) is 0 Å². The summed E-state index contributed by atoms with van der Waals surface area (Å²) in [5.74, 6) is -2.87. The van der Waals surface area contributed by atoms with Crippen LogP contribution in [0.1, 0.15) is 30.1 Å². The lowest BCUT2D eigenvalue weighted by atomic mass is 9.94. The molecule has 5 rings (SSSR count). The van der Waals surface area contributed by atoms with Crippen molar-refractivity contribution in [3.05, 3.63) is 74.7 Å². The largest absolute Gasteiger partial charge is 0.466 e. The minimum Gasteiger partial charge on any atom is -0.466 e. The first-order chi connectivity index (χ1) is 17.8. The zero-order chi connectivity index (χ0) is 26.2. The highest BCUT2D eigenvalue weighted by Gasteiger charge is 2.41. The third-order valence-electron chi connectivity index (χ3n) is 6.63. The number of benzene rings is 1. The van der Waals surface area contributed by atoms with E-state index >= 15 is 0 Å². The topological polar surface area (TPSA) is 85.3 Å². The van der Waals surface area contributed by atoms with Crippen LogP contribution in [0.2, 0.25) is 10.0 Å². The van der Waals surface area contributed by atoms with E-state index in [-0.39, 0.29) is 22.1 Å². The van der Waals surface area contributed by atoms with Crippen LogP contribution < -0.4 is 5.32 Å². The lowest BCUT2D eigenvalue weighted by Crippen LogP contribution is -2.47. The molecule has 12 heteroatoms. The number of piperidine rings is 1. The van der Waals surface area contributed by atoms with Gasteiger partial charge < -0.3 is 19.5 Å². The number of rotatable bonds is 5. The molecule has 8 nitrogen and oxygen atoms in total. The minimum absolute atomic E-state index is 0.0344. The fourth-order valence-corrected chi connectivity index (χ4v) is 5.30. The zero-order valence-corrected chi connectivity index (χ0v) is 21.4. The van der Waals surface area contributed by atoms with Crippen molar-refractivity contribution in [2.75, 3.05) is 40.0 Å². The number of carbonyl (C=O) groups excluding carboxylic acids is 1. The molecule has 0 bridgehead atoms. The normalized spacial score (nSPS) is 21.6. The Kier molecular flexibility index (Phi) is 7.46. The number of aromatic nitrogens is 1. The van der Waals surface area contributed by atoms with Gasteiger partial charge in [-0.25, -0.2) is 18.6 Å². The summed E-state index contributed by atoms with van der Waals surface area (Å²) < 4.78 is 45.1. The van der Waals surface area contributed by atoms with Gasteiger partial charge in [-0.05, 0) is 12.1 Å². The maximum atomic E-state index is 14.8. The summed E-state index contributed by atoms with van der Waals surface area (Å²) in [4.78, 5) is 23.7. The number of carbonyl (C=O) groups is 1. The van der Waals surface area contributed by atoms with Crippen LogP contribution in [0.5, 0.6) is 0 Å². The minimum atomic E-state index is -0.952. The highest BCUT2D eigenvalue weighted by molar-refractivity contribution is 6.35. The monoisotopic (exact) mass is 552 g/mol. The summed E-state index contributed by atoms with van der Waals surface area (Å²) in [7, 11) is 1.27. The molecule has 2 aromatic rings. The molecule has 2 saturated heterocycles. The van der Waals surface area contributed by atoms with Crippen LogP contribution in [0.4, 0.5) is 8.78 Å². The van der Waals surface area contributed by atoms with Gasteiger partial charge in [-0.15, -0.1) is 0 Å². The van der Waals surface area contributed by atoms with Crippen LogP contribution in [0.25, 0.3) is 0 Å². The van der Waals surface area contributed by atoms with Gasteiger partial charge in [0.15, 0.2) is 17.4 Å². The quantitative estimate of drug-likeness (QED) is 0.560. The smallest absolute Gasteiger partial charge is 0.338 e. The second-order valence-corrected chi connectivity index (χ2v) is 9.77. The van der Waals surface area contributed by atoms with E-state index < -0.39 is 29.4 Å². The molecule has 3 aliphatic rings. The number of nitrogens with one attached hydrogen (secondary N) is 1. The molecule has 0 saturated carbocycles. The Bertz CT molecular complexity index is 1270. The van der Waals surface area contributed by atoms with Crippen LogP contribution in [0, 0.1) is 11.6 Å². The van der Waals surface area contributed by atoms with Crippen LogP contribution in [0.3, 0.4) is 0 Å². The average molecular weight is 553 g/mol. The Morgan fingerprint density at radius 3 is 2.59 bits per heavy atom. The number of ether oxygens (including phenoxy) is 3. The molecule has 0 amide bonds. The van der Waals surface area contributed by atoms with Crippen LogP contribution in [0.15, 0.2) is 46.7 Å². The molecule has 4 heterocycles. The fourth-order valence-electron chi connectivity index (χ4n) is 4.79. The van der Waals surface area contributed by atoms with Gasteiger partial charge in [0.05, 0.1) is 32.1 Å². The number of pyridine rings is 1.